The average Bonchev–Trinajstić information content (AvgIpc) is 2.87. The maximum Gasteiger partial charge on any atom is 0.374 e. The van der Waals surface area contributed by atoms with E-state index in [9.17, 15) is 9.59 Å². The van der Waals surface area contributed by atoms with Gasteiger partial charge in [0.25, 0.3) is 0 Å². The molecule has 1 aromatic heterocycles. The van der Waals surface area contributed by atoms with E-state index >= 15 is 0 Å². The zero-order valence-corrected chi connectivity index (χ0v) is 11.9. The number of ether oxygens (including phenoxy) is 1. The van der Waals surface area contributed by atoms with Crippen LogP contribution < -0.4 is 0 Å². The van der Waals surface area contributed by atoms with Gasteiger partial charge in [0.1, 0.15) is 0 Å². The Bertz CT molecular complexity index is 414. The summed E-state index contributed by atoms with van der Waals surface area (Å²) in [6.07, 6.45) is 3.62. The van der Waals surface area contributed by atoms with Crippen molar-refractivity contribution in [1.82, 2.24) is 0 Å². The van der Waals surface area contributed by atoms with Crippen molar-refractivity contribution < 1.29 is 18.7 Å². The van der Waals surface area contributed by atoms with Crippen LogP contribution in [0.4, 0.5) is 0 Å². The fourth-order valence-electron chi connectivity index (χ4n) is 2.09. The molecule has 0 saturated carbocycles. The number of hydrogen-bond donors (Lipinski definition) is 0. The molecular formula is C15H22O4. The van der Waals surface area contributed by atoms with E-state index in [4.69, 9.17) is 9.15 Å². The number of carbonyl (C=O) groups is 2. The van der Waals surface area contributed by atoms with Crippen molar-refractivity contribution in [2.45, 2.75) is 46.5 Å². The molecule has 4 heteroatoms. The molecule has 0 aliphatic carbocycles. The summed E-state index contributed by atoms with van der Waals surface area (Å²) in [5.74, 6) is -0.202. The van der Waals surface area contributed by atoms with E-state index < -0.39 is 5.97 Å². The van der Waals surface area contributed by atoms with E-state index in [2.05, 4.69) is 13.8 Å². The largest absolute Gasteiger partial charge is 0.460 e. The Morgan fingerprint density at radius 3 is 2.21 bits per heavy atom. The maximum atomic E-state index is 12.3. The third kappa shape index (κ3) is 4.23. The minimum atomic E-state index is -0.524. The fraction of sp³-hybridized carbons (Fsp3) is 0.600. The molecule has 0 saturated heterocycles. The van der Waals surface area contributed by atoms with Crippen LogP contribution in [-0.2, 0) is 4.74 Å². The van der Waals surface area contributed by atoms with Gasteiger partial charge in [-0.2, -0.15) is 0 Å². The second-order valence-corrected chi connectivity index (χ2v) is 4.52. The number of rotatable bonds is 8. The molecule has 0 bridgehead atoms. The Morgan fingerprint density at radius 1 is 1.11 bits per heavy atom. The Labute approximate surface area is 114 Å². The van der Waals surface area contributed by atoms with Crippen LogP contribution in [0, 0.1) is 5.92 Å². The fourth-order valence-corrected chi connectivity index (χ4v) is 2.09. The van der Waals surface area contributed by atoms with Crippen LogP contribution in [0.1, 0.15) is 67.6 Å². The van der Waals surface area contributed by atoms with Gasteiger partial charge in [0.2, 0.25) is 11.5 Å². The molecule has 0 atom stereocenters. The van der Waals surface area contributed by atoms with Crippen molar-refractivity contribution in [2.75, 3.05) is 6.61 Å². The Morgan fingerprint density at radius 2 is 1.68 bits per heavy atom. The molecule has 19 heavy (non-hydrogen) atoms. The number of Topliss-reactive ketones (excluding diaryl/α,β-unsaturated/α-hetero) is 1. The van der Waals surface area contributed by atoms with E-state index in [1.54, 1.807) is 13.0 Å². The minimum Gasteiger partial charge on any atom is -0.460 e. The van der Waals surface area contributed by atoms with E-state index in [0.717, 1.165) is 25.7 Å². The van der Waals surface area contributed by atoms with Crippen LogP contribution in [0.2, 0.25) is 0 Å². The third-order valence-corrected chi connectivity index (χ3v) is 2.97. The van der Waals surface area contributed by atoms with E-state index in [-0.39, 0.29) is 29.8 Å². The van der Waals surface area contributed by atoms with Crippen molar-refractivity contribution in [3.05, 3.63) is 23.7 Å². The lowest BCUT2D eigenvalue weighted by atomic mass is 9.92. The van der Waals surface area contributed by atoms with Crippen molar-refractivity contribution >= 4 is 11.8 Å². The highest BCUT2D eigenvalue weighted by molar-refractivity contribution is 5.96. The summed E-state index contributed by atoms with van der Waals surface area (Å²) in [6.45, 7) is 6.13. The van der Waals surface area contributed by atoms with Crippen LogP contribution in [0.3, 0.4) is 0 Å². The van der Waals surface area contributed by atoms with Crippen LogP contribution >= 0.6 is 0 Å². The van der Waals surface area contributed by atoms with Gasteiger partial charge in [-0.3, -0.25) is 4.79 Å². The summed E-state index contributed by atoms with van der Waals surface area (Å²) in [7, 11) is 0. The number of hydrogen-bond acceptors (Lipinski definition) is 4. The minimum absolute atomic E-state index is 0.0146. The van der Waals surface area contributed by atoms with Gasteiger partial charge in [-0.1, -0.05) is 26.7 Å². The molecule has 0 spiro atoms. The lowest BCUT2D eigenvalue weighted by Gasteiger charge is -2.11. The molecule has 0 aromatic carbocycles. The van der Waals surface area contributed by atoms with Crippen molar-refractivity contribution in [1.29, 1.82) is 0 Å². The summed E-state index contributed by atoms with van der Waals surface area (Å²) in [5.41, 5.74) is 0. The average molecular weight is 266 g/mol. The maximum absolute atomic E-state index is 12.3. The Hall–Kier alpha value is -1.58. The van der Waals surface area contributed by atoms with Gasteiger partial charge in [-0.25, -0.2) is 4.79 Å². The first-order valence-corrected chi connectivity index (χ1v) is 6.95. The first-order chi connectivity index (χ1) is 9.13. The SMILES string of the molecule is CCCC(CCC)C(=O)c1ccc(C(=O)OCC)o1. The molecule has 1 rings (SSSR count). The molecule has 4 nitrogen and oxygen atoms in total. The molecular weight excluding hydrogens is 244 g/mol. The highest BCUT2D eigenvalue weighted by atomic mass is 16.5. The highest BCUT2D eigenvalue weighted by Gasteiger charge is 2.23. The standard InChI is InChI=1S/C15H22O4/c1-4-7-11(8-5-2)14(16)12-9-10-13(19-12)15(17)18-6-3/h9-11H,4-8H2,1-3H3. The number of carbonyl (C=O) groups excluding carboxylic acids is 2. The molecule has 0 aliphatic heterocycles. The summed E-state index contributed by atoms with van der Waals surface area (Å²) >= 11 is 0. The summed E-state index contributed by atoms with van der Waals surface area (Å²) < 4.78 is 10.1. The first-order valence-electron chi connectivity index (χ1n) is 6.95. The predicted octanol–water partition coefficient (Wildman–Crippen LogP) is 3.86. The summed E-state index contributed by atoms with van der Waals surface area (Å²) in [4.78, 5) is 23.7. The van der Waals surface area contributed by atoms with Crippen molar-refractivity contribution in [3.63, 3.8) is 0 Å². The molecule has 0 aliphatic rings. The molecule has 0 N–H and O–H groups in total. The lowest BCUT2D eigenvalue weighted by molar-refractivity contribution is 0.0487. The first kappa shape index (κ1) is 15.5. The number of furan rings is 1. The van der Waals surface area contributed by atoms with E-state index in [1.165, 1.54) is 6.07 Å². The van der Waals surface area contributed by atoms with Gasteiger partial charge < -0.3 is 9.15 Å². The van der Waals surface area contributed by atoms with E-state index in [1.807, 2.05) is 0 Å². The molecule has 106 valence electrons. The molecule has 1 aromatic rings. The van der Waals surface area contributed by atoms with Gasteiger partial charge in [0.05, 0.1) is 6.61 Å². The molecule has 0 amide bonds. The Balaban J connectivity index is 2.78. The van der Waals surface area contributed by atoms with Gasteiger partial charge >= 0.3 is 5.97 Å². The van der Waals surface area contributed by atoms with Gasteiger partial charge in [-0.15, -0.1) is 0 Å². The van der Waals surface area contributed by atoms with Crippen LogP contribution in [0.5, 0.6) is 0 Å². The van der Waals surface area contributed by atoms with Gasteiger partial charge in [0.15, 0.2) is 5.76 Å². The quantitative estimate of drug-likeness (QED) is 0.529. The molecule has 0 radical (unpaired) electrons. The lowest BCUT2D eigenvalue weighted by Crippen LogP contribution is -2.14. The Kier molecular flexibility index (Phi) is 6.33. The zero-order valence-electron chi connectivity index (χ0n) is 11.9. The third-order valence-electron chi connectivity index (χ3n) is 2.97. The number of esters is 1. The molecule has 0 unspecified atom stereocenters. The summed E-state index contributed by atoms with van der Waals surface area (Å²) in [5, 5.41) is 0. The topological polar surface area (TPSA) is 56.5 Å². The van der Waals surface area contributed by atoms with Gasteiger partial charge in [-0.05, 0) is 31.9 Å². The second-order valence-electron chi connectivity index (χ2n) is 4.52. The molecule has 1 heterocycles. The highest BCUT2D eigenvalue weighted by Crippen LogP contribution is 2.21. The number of ketones is 1. The van der Waals surface area contributed by atoms with E-state index in [0.29, 0.717) is 0 Å². The van der Waals surface area contributed by atoms with Crippen LogP contribution in [0.15, 0.2) is 16.5 Å². The summed E-state index contributed by atoms with van der Waals surface area (Å²) in [6, 6.07) is 3.06. The molecule has 0 fully saturated rings. The van der Waals surface area contributed by atoms with Crippen LogP contribution in [0.25, 0.3) is 0 Å². The zero-order chi connectivity index (χ0) is 14.3. The smallest absolute Gasteiger partial charge is 0.374 e. The van der Waals surface area contributed by atoms with Crippen molar-refractivity contribution in [3.8, 4) is 0 Å². The van der Waals surface area contributed by atoms with Crippen LogP contribution in [-0.4, -0.2) is 18.4 Å². The predicted molar refractivity (Wildman–Crippen MR) is 72.3 cm³/mol. The van der Waals surface area contributed by atoms with Crippen molar-refractivity contribution in [2.24, 2.45) is 5.92 Å². The monoisotopic (exact) mass is 266 g/mol. The normalized spacial score (nSPS) is 10.7. The second kappa shape index (κ2) is 7.77. The van der Waals surface area contributed by atoms with Gasteiger partial charge in [0, 0.05) is 5.92 Å².